The Bertz CT molecular complexity index is 3470. The molecule has 6 aromatic heterocycles. The first-order chi connectivity index (χ1) is 24.2. The van der Waals surface area contributed by atoms with Crippen molar-refractivity contribution in [2.45, 2.75) is 13.8 Å². The molecule has 6 aromatic carbocycles. The van der Waals surface area contributed by atoms with Crippen LogP contribution < -0.4 is 16.4 Å². The van der Waals surface area contributed by atoms with E-state index in [4.69, 9.17) is 18.8 Å². The number of aromatic nitrogens is 6. The monoisotopic (exact) mass is 626 g/mol. The van der Waals surface area contributed by atoms with Crippen LogP contribution in [0.2, 0.25) is 0 Å². The molecule has 0 saturated carbocycles. The molecule has 49 heavy (non-hydrogen) atoms. The lowest BCUT2D eigenvalue weighted by Crippen LogP contribution is -2.59. The highest BCUT2D eigenvalue weighted by Crippen LogP contribution is 2.50. The summed E-state index contributed by atoms with van der Waals surface area (Å²) in [5, 5.41) is 4.99. The molecule has 3 aliphatic heterocycles. The third-order valence-electron chi connectivity index (χ3n) is 12.1. The molecule has 0 unspecified atom stereocenters. The summed E-state index contributed by atoms with van der Waals surface area (Å²) in [6.07, 6.45) is 0. The molecule has 3 aliphatic rings. The molecule has 9 heterocycles. The maximum atomic E-state index is 6.97. The van der Waals surface area contributed by atoms with Gasteiger partial charge in [0.25, 0.3) is 6.71 Å². The SMILES string of the molecule is Cc1nc2cc3c4c5c2n1-c1cccc2c1B5c1c5c6c4c4c(oc7ccccc7n34)c3oc4ccccc4n(c5cc4nc(C)n-2c14)c36. The number of rotatable bonds is 0. The second kappa shape index (κ2) is 6.75. The van der Waals surface area contributed by atoms with Gasteiger partial charge in [-0.3, -0.25) is 9.13 Å². The second-order valence-electron chi connectivity index (χ2n) is 14.2. The van der Waals surface area contributed by atoms with E-state index in [1.54, 1.807) is 0 Å². The van der Waals surface area contributed by atoms with Gasteiger partial charge < -0.3 is 17.6 Å². The molecule has 0 radical (unpaired) electrons. The number of hydrogen-bond donors (Lipinski definition) is 0. The summed E-state index contributed by atoms with van der Waals surface area (Å²) in [5.74, 6) is 1.99. The highest BCUT2D eigenvalue weighted by molar-refractivity contribution is 7.03. The van der Waals surface area contributed by atoms with Gasteiger partial charge in [0.1, 0.15) is 22.7 Å². The molecule has 0 saturated heterocycles. The van der Waals surface area contributed by atoms with Gasteiger partial charge in [0, 0.05) is 32.9 Å². The summed E-state index contributed by atoms with van der Waals surface area (Å²) in [6, 6.07) is 28.1. The maximum Gasteiger partial charge on any atom is 0.254 e. The quantitative estimate of drug-likeness (QED) is 0.103. The highest BCUT2D eigenvalue weighted by atomic mass is 16.4. The maximum absolute atomic E-state index is 6.97. The number of aryl methyl sites for hydroxylation is 2. The smallest absolute Gasteiger partial charge is 0.254 e. The third kappa shape index (κ3) is 2.06. The predicted molar refractivity (Wildman–Crippen MR) is 195 cm³/mol. The van der Waals surface area contributed by atoms with E-state index in [0.29, 0.717) is 0 Å². The van der Waals surface area contributed by atoms with Crippen LogP contribution >= 0.6 is 0 Å². The van der Waals surface area contributed by atoms with Crippen molar-refractivity contribution in [1.82, 2.24) is 27.9 Å². The molecule has 9 heteroatoms. The molecule has 0 spiro atoms. The molecule has 0 N–H and O–H groups in total. The molecule has 0 atom stereocenters. The first kappa shape index (κ1) is 22.9. The van der Waals surface area contributed by atoms with Crippen LogP contribution in [0.5, 0.6) is 0 Å². The largest absolute Gasteiger partial charge is 0.449 e. The zero-order valence-electron chi connectivity index (χ0n) is 26.1. The van der Waals surface area contributed by atoms with Crippen LogP contribution in [0.3, 0.4) is 0 Å². The Morgan fingerprint density at radius 3 is 1.51 bits per heavy atom. The van der Waals surface area contributed by atoms with Crippen LogP contribution in [0.1, 0.15) is 11.6 Å². The summed E-state index contributed by atoms with van der Waals surface area (Å²) >= 11 is 0. The van der Waals surface area contributed by atoms with Gasteiger partial charge in [-0.15, -0.1) is 0 Å². The zero-order chi connectivity index (χ0) is 31.3. The Balaban J connectivity index is 1.44. The first-order valence-corrected chi connectivity index (χ1v) is 16.8. The predicted octanol–water partition coefficient (Wildman–Crippen LogP) is 7.05. The standard InChI is InChI=1S/C40H19BN6O2/c1-16-42-18-14-24-28-30-31-29-25(15-19-36-34(29)41-32-22(44(16)35(18)33(28)41)10-7-11-23(32)45(36)17(2)43-19)47-21-9-4-6-13-27(21)49-40(38(31)47)39-37(30)46(24)20-8-3-5-12-26(20)48-39/h3-15H,1-2H3. The normalized spacial score (nSPS) is 14.3. The van der Waals surface area contributed by atoms with E-state index < -0.39 is 0 Å². The number of para-hydroxylation sites is 4. The zero-order valence-corrected chi connectivity index (χ0v) is 26.1. The minimum Gasteiger partial charge on any atom is -0.449 e. The number of imidazole rings is 2. The van der Waals surface area contributed by atoms with E-state index in [9.17, 15) is 0 Å². The van der Waals surface area contributed by atoms with Crippen molar-refractivity contribution in [3.63, 3.8) is 0 Å². The molecule has 15 rings (SSSR count). The molecular weight excluding hydrogens is 607 g/mol. The molecule has 0 fully saturated rings. The van der Waals surface area contributed by atoms with E-state index in [-0.39, 0.29) is 6.71 Å². The van der Waals surface area contributed by atoms with Gasteiger partial charge in [-0.25, -0.2) is 9.97 Å². The van der Waals surface area contributed by atoms with Gasteiger partial charge in [-0.2, -0.15) is 0 Å². The van der Waals surface area contributed by atoms with Gasteiger partial charge in [0.2, 0.25) is 0 Å². The third-order valence-corrected chi connectivity index (χ3v) is 12.1. The summed E-state index contributed by atoms with van der Waals surface area (Å²) < 4.78 is 23.6. The van der Waals surface area contributed by atoms with Crippen LogP contribution in [-0.4, -0.2) is 34.6 Å². The van der Waals surface area contributed by atoms with Crippen molar-refractivity contribution >= 4 is 122 Å². The molecule has 0 aliphatic carbocycles. The van der Waals surface area contributed by atoms with Crippen LogP contribution in [0, 0.1) is 13.8 Å². The molecular formula is C40H19BN6O2. The van der Waals surface area contributed by atoms with Crippen LogP contribution in [0.15, 0.2) is 87.7 Å². The Morgan fingerprint density at radius 2 is 1.00 bits per heavy atom. The molecule has 12 aromatic rings. The summed E-state index contributed by atoms with van der Waals surface area (Å²) in [5.41, 5.74) is 20.4. The minimum absolute atomic E-state index is 0.0120. The van der Waals surface area contributed by atoms with Crippen molar-refractivity contribution < 1.29 is 8.83 Å². The van der Waals surface area contributed by atoms with Crippen molar-refractivity contribution in [1.29, 1.82) is 0 Å². The minimum atomic E-state index is -0.0120. The van der Waals surface area contributed by atoms with Gasteiger partial charge in [-0.1, -0.05) is 30.3 Å². The van der Waals surface area contributed by atoms with E-state index in [2.05, 4.69) is 98.5 Å². The van der Waals surface area contributed by atoms with Gasteiger partial charge in [-0.05, 0) is 78.8 Å². The average molecular weight is 626 g/mol. The van der Waals surface area contributed by atoms with Crippen molar-refractivity contribution in [2.75, 3.05) is 0 Å². The number of hydrogen-bond acceptors (Lipinski definition) is 4. The number of fused-ring (bicyclic) bond motifs is 9. The Kier molecular flexibility index (Phi) is 3.16. The lowest BCUT2D eigenvalue weighted by molar-refractivity contribution is 0.619. The summed E-state index contributed by atoms with van der Waals surface area (Å²) in [7, 11) is 0. The molecule has 0 amide bonds. The number of benzene rings is 6. The van der Waals surface area contributed by atoms with Gasteiger partial charge in [0.15, 0.2) is 22.3 Å². The van der Waals surface area contributed by atoms with E-state index >= 15 is 0 Å². The van der Waals surface area contributed by atoms with E-state index in [1.807, 2.05) is 12.1 Å². The van der Waals surface area contributed by atoms with Gasteiger partial charge >= 0.3 is 0 Å². The Morgan fingerprint density at radius 1 is 0.510 bits per heavy atom. The average Bonchev–Trinajstić information content (AvgIpc) is 3.82. The summed E-state index contributed by atoms with van der Waals surface area (Å²) in [6.45, 7) is 4.27. The van der Waals surface area contributed by atoms with Crippen LogP contribution in [0.25, 0.3) is 110 Å². The second-order valence-corrected chi connectivity index (χ2v) is 14.2. The lowest BCUT2D eigenvalue weighted by atomic mass is 9.33. The van der Waals surface area contributed by atoms with E-state index in [0.717, 1.165) is 78.1 Å². The van der Waals surface area contributed by atoms with Crippen LogP contribution in [0.4, 0.5) is 0 Å². The molecule has 0 bridgehead atoms. The van der Waals surface area contributed by atoms with Crippen molar-refractivity contribution in [3.05, 3.63) is 90.5 Å². The molecule has 224 valence electrons. The fourth-order valence-electron chi connectivity index (χ4n) is 10.6. The Hall–Kier alpha value is -6.48. The lowest BCUT2D eigenvalue weighted by Gasteiger charge is -2.33. The van der Waals surface area contributed by atoms with Gasteiger partial charge in [0.05, 0.1) is 44.1 Å². The number of nitrogens with zero attached hydrogens (tertiary/aromatic N) is 6. The van der Waals surface area contributed by atoms with Crippen LogP contribution in [-0.2, 0) is 0 Å². The molecule has 8 nitrogen and oxygen atoms in total. The van der Waals surface area contributed by atoms with Crippen molar-refractivity contribution in [3.8, 4) is 11.4 Å². The van der Waals surface area contributed by atoms with E-state index in [1.165, 1.54) is 60.3 Å². The fraction of sp³-hybridized carbons (Fsp3) is 0.0500. The topological polar surface area (TPSA) is 70.7 Å². The van der Waals surface area contributed by atoms with Crippen molar-refractivity contribution in [2.24, 2.45) is 0 Å². The fourth-order valence-corrected chi connectivity index (χ4v) is 10.6. The highest BCUT2D eigenvalue weighted by Gasteiger charge is 2.46. The summed E-state index contributed by atoms with van der Waals surface area (Å²) in [4.78, 5) is 10.6. The Labute approximate surface area is 274 Å². The first-order valence-electron chi connectivity index (χ1n) is 16.8.